The molecule has 1 fully saturated rings. The second-order valence-corrected chi connectivity index (χ2v) is 5.53. The van der Waals surface area contributed by atoms with Crippen LogP contribution in [0, 0.1) is 0 Å². The van der Waals surface area contributed by atoms with Gasteiger partial charge in [-0.3, -0.25) is 14.5 Å². The highest BCUT2D eigenvalue weighted by Gasteiger charge is 2.23. The summed E-state index contributed by atoms with van der Waals surface area (Å²) in [6, 6.07) is 6.15. The fourth-order valence-corrected chi connectivity index (χ4v) is 3.24. The Balaban J connectivity index is 2.01. The summed E-state index contributed by atoms with van der Waals surface area (Å²) in [6.45, 7) is 0. The lowest BCUT2D eigenvalue weighted by molar-refractivity contribution is 0.483. The first kappa shape index (κ1) is 12.3. The van der Waals surface area contributed by atoms with Crippen LogP contribution in [-0.4, -0.2) is 19.7 Å². The van der Waals surface area contributed by atoms with E-state index >= 15 is 0 Å². The van der Waals surface area contributed by atoms with Gasteiger partial charge in [0.1, 0.15) is 5.69 Å². The Morgan fingerprint density at radius 1 is 1.14 bits per heavy atom. The van der Waals surface area contributed by atoms with Crippen LogP contribution in [0.5, 0.6) is 0 Å². The highest BCUT2D eigenvalue weighted by molar-refractivity contribution is 5.92. The molecule has 3 aromatic rings. The van der Waals surface area contributed by atoms with E-state index in [4.69, 9.17) is 5.10 Å². The normalized spacial score (nSPS) is 15.8. The van der Waals surface area contributed by atoms with E-state index in [1.807, 2.05) is 22.9 Å². The number of rotatable bonds is 2. The summed E-state index contributed by atoms with van der Waals surface area (Å²) >= 11 is 0. The van der Waals surface area contributed by atoms with E-state index in [1.54, 1.807) is 18.6 Å². The molecule has 1 saturated carbocycles. The fraction of sp³-hybridized carbons (Fsp3) is 0.312. The number of aromatic nitrogens is 4. The third-order valence-corrected chi connectivity index (χ3v) is 4.25. The molecule has 4 rings (SSSR count). The molecule has 1 N–H and O–H groups in total. The van der Waals surface area contributed by atoms with Crippen molar-refractivity contribution in [1.82, 2.24) is 19.7 Å². The van der Waals surface area contributed by atoms with E-state index < -0.39 is 0 Å². The van der Waals surface area contributed by atoms with Crippen LogP contribution in [0.1, 0.15) is 31.7 Å². The molecule has 106 valence electrons. The van der Waals surface area contributed by atoms with Crippen molar-refractivity contribution in [2.24, 2.45) is 0 Å². The molecule has 0 aliphatic heterocycles. The van der Waals surface area contributed by atoms with E-state index in [9.17, 15) is 4.79 Å². The second kappa shape index (κ2) is 4.84. The Bertz CT molecular complexity index is 828. The van der Waals surface area contributed by atoms with Crippen molar-refractivity contribution in [1.29, 1.82) is 0 Å². The van der Waals surface area contributed by atoms with Gasteiger partial charge in [-0.25, -0.2) is 0 Å². The van der Waals surface area contributed by atoms with Crippen molar-refractivity contribution in [2.45, 2.75) is 31.7 Å². The van der Waals surface area contributed by atoms with Crippen LogP contribution in [-0.2, 0) is 0 Å². The van der Waals surface area contributed by atoms with E-state index in [1.165, 1.54) is 12.8 Å². The van der Waals surface area contributed by atoms with Gasteiger partial charge in [0.2, 0.25) is 0 Å². The van der Waals surface area contributed by atoms with Crippen LogP contribution in [0.4, 0.5) is 0 Å². The molecule has 0 saturated heterocycles. The van der Waals surface area contributed by atoms with Crippen LogP contribution in [0.15, 0.2) is 41.6 Å². The molecular weight excluding hydrogens is 264 g/mol. The van der Waals surface area contributed by atoms with Crippen molar-refractivity contribution in [3.63, 3.8) is 0 Å². The Morgan fingerprint density at radius 2 is 1.90 bits per heavy atom. The lowest BCUT2D eigenvalue weighted by Gasteiger charge is -2.10. The van der Waals surface area contributed by atoms with Crippen molar-refractivity contribution in [3.8, 4) is 11.3 Å². The van der Waals surface area contributed by atoms with Crippen LogP contribution in [0.2, 0.25) is 0 Å². The van der Waals surface area contributed by atoms with Gasteiger partial charge in [-0.2, -0.15) is 5.10 Å². The highest BCUT2D eigenvalue weighted by Crippen LogP contribution is 2.34. The minimum Gasteiger partial charge on any atom is -0.328 e. The maximum atomic E-state index is 12.3. The average molecular weight is 280 g/mol. The molecule has 21 heavy (non-hydrogen) atoms. The molecule has 5 nitrogen and oxygen atoms in total. The molecule has 3 heterocycles. The smallest absolute Gasteiger partial charge is 0.259 e. The Hall–Kier alpha value is -2.43. The largest absolute Gasteiger partial charge is 0.328 e. The molecule has 0 atom stereocenters. The first-order chi connectivity index (χ1) is 10.3. The first-order valence-corrected chi connectivity index (χ1v) is 7.35. The maximum Gasteiger partial charge on any atom is 0.259 e. The second-order valence-electron chi connectivity index (χ2n) is 5.53. The average Bonchev–Trinajstić information content (AvgIpc) is 3.16. The van der Waals surface area contributed by atoms with Crippen molar-refractivity contribution >= 4 is 10.9 Å². The summed E-state index contributed by atoms with van der Waals surface area (Å²) in [5, 5.41) is 5.45. The molecular formula is C16H16N4O. The molecule has 0 spiro atoms. The zero-order chi connectivity index (χ0) is 14.2. The van der Waals surface area contributed by atoms with Gasteiger partial charge in [-0.1, -0.05) is 12.8 Å². The zero-order valence-electron chi connectivity index (χ0n) is 11.6. The van der Waals surface area contributed by atoms with Gasteiger partial charge in [0.15, 0.2) is 0 Å². The standard InChI is InChI=1S/C16H16N4O/c21-16-14-13(7-10-18-16)20(12-3-1-2-4-12)19-15(14)11-5-8-17-9-6-11/h5-10,12H,1-4H2,(H,18,21). The minimum absolute atomic E-state index is 0.0800. The van der Waals surface area contributed by atoms with Gasteiger partial charge >= 0.3 is 0 Å². The van der Waals surface area contributed by atoms with E-state index in [-0.39, 0.29) is 5.56 Å². The Morgan fingerprint density at radius 3 is 2.67 bits per heavy atom. The van der Waals surface area contributed by atoms with Crippen molar-refractivity contribution in [2.75, 3.05) is 0 Å². The molecule has 0 unspecified atom stereocenters. The summed E-state index contributed by atoms with van der Waals surface area (Å²) in [5.74, 6) is 0. The molecule has 1 aliphatic rings. The van der Waals surface area contributed by atoms with Crippen molar-refractivity contribution in [3.05, 3.63) is 47.1 Å². The minimum atomic E-state index is -0.0800. The van der Waals surface area contributed by atoms with E-state index in [0.29, 0.717) is 11.4 Å². The van der Waals surface area contributed by atoms with Gasteiger partial charge in [0.05, 0.1) is 16.9 Å². The summed E-state index contributed by atoms with van der Waals surface area (Å²) in [7, 11) is 0. The summed E-state index contributed by atoms with van der Waals surface area (Å²) < 4.78 is 2.05. The number of pyridine rings is 2. The predicted molar refractivity (Wildman–Crippen MR) is 81.1 cm³/mol. The van der Waals surface area contributed by atoms with Gasteiger partial charge in [-0.05, 0) is 31.0 Å². The van der Waals surface area contributed by atoms with Gasteiger partial charge in [0.25, 0.3) is 5.56 Å². The SMILES string of the molecule is O=c1[nH]ccc2c1c(-c1ccncc1)nn2C1CCCC1. The number of fused-ring (bicyclic) bond motifs is 1. The number of hydrogen-bond acceptors (Lipinski definition) is 3. The lowest BCUT2D eigenvalue weighted by Crippen LogP contribution is -2.08. The van der Waals surface area contributed by atoms with Crippen LogP contribution < -0.4 is 5.56 Å². The number of nitrogens with zero attached hydrogens (tertiary/aromatic N) is 3. The Labute approximate surface area is 121 Å². The lowest BCUT2D eigenvalue weighted by atomic mass is 10.1. The van der Waals surface area contributed by atoms with Gasteiger partial charge in [-0.15, -0.1) is 0 Å². The third-order valence-electron chi connectivity index (χ3n) is 4.25. The zero-order valence-corrected chi connectivity index (χ0v) is 11.6. The monoisotopic (exact) mass is 280 g/mol. The molecule has 0 radical (unpaired) electrons. The van der Waals surface area contributed by atoms with E-state index in [0.717, 1.165) is 29.6 Å². The molecule has 3 aromatic heterocycles. The topological polar surface area (TPSA) is 63.6 Å². The fourth-order valence-electron chi connectivity index (χ4n) is 3.24. The predicted octanol–water partition coefficient (Wildman–Crippen LogP) is 2.90. The third kappa shape index (κ3) is 1.96. The number of aromatic amines is 1. The quantitative estimate of drug-likeness (QED) is 0.785. The number of H-pyrrole nitrogens is 1. The summed E-state index contributed by atoms with van der Waals surface area (Å²) in [6.07, 6.45) is 9.91. The number of hydrogen-bond donors (Lipinski definition) is 1. The number of nitrogens with one attached hydrogen (secondary N) is 1. The molecule has 0 aromatic carbocycles. The van der Waals surface area contributed by atoms with Crippen molar-refractivity contribution < 1.29 is 0 Å². The highest BCUT2D eigenvalue weighted by atomic mass is 16.1. The Kier molecular flexibility index (Phi) is 2.84. The van der Waals surface area contributed by atoms with Crippen LogP contribution in [0.25, 0.3) is 22.2 Å². The molecule has 1 aliphatic carbocycles. The van der Waals surface area contributed by atoms with Crippen LogP contribution >= 0.6 is 0 Å². The summed E-state index contributed by atoms with van der Waals surface area (Å²) in [4.78, 5) is 19.1. The molecule has 5 heteroatoms. The maximum absolute atomic E-state index is 12.3. The molecule has 0 bridgehead atoms. The first-order valence-electron chi connectivity index (χ1n) is 7.35. The van der Waals surface area contributed by atoms with Gasteiger partial charge < -0.3 is 4.98 Å². The van der Waals surface area contributed by atoms with Gasteiger partial charge in [0, 0.05) is 24.2 Å². The summed E-state index contributed by atoms with van der Waals surface area (Å²) in [5.41, 5.74) is 2.53. The van der Waals surface area contributed by atoms with E-state index in [2.05, 4.69) is 9.97 Å². The van der Waals surface area contributed by atoms with Crippen LogP contribution in [0.3, 0.4) is 0 Å². The molecule has 0 amide bonds.